The number of hydrogen-bond donors (Lipinski definition) is 3. The maximum absolute atomic E-state index is 10.2. The molecule has 4 N–H and O–H groups in total. The molecule has 0 aromatic rings. The quantitative estimate of drug-likeness (QED) is 0.498. The van der Waals surface area contributed by atoms with E-state index in [-0.39, 0.29) is 13.0 Å². The average Bonchev–Trinajstić information content (AvgIpc) is 2.11. The van der Waals surface area contributed by atoms with Gasteiger partial charge in [0.2, 0.25) is 0 Å². The second kappa shape index (κ2) is 9.68. The van der Waals surface area contributed by atoms with Crippen LogP contribution in [0.1, 0.15) is 26.7 Å². The van der Waals surface area contributed by atoms with Crippen molar-refractivity contribution in [3.8, 4) is 0 Å². The summed E-state index contributed by atoms with van der Waals surface area (Å²) in [6, 6.07) is -0.430. The summed E-state index contributed by atoms with van der Waals surface area (Å²) in [5.41, 5.74) is 5.55. The van der Waals surface area contributed by atoms with Gasteiger partial charge in [-0.05, 0) is 12.3 Å². The maximum Gasteiger partial charge on any atom is 0.306 e. The van der Waals surface area contributed by atoms with Gasteiger partial charge in [-0.15, -0.1) is 0 Å². The number of nitrogens with two attached hydrogens (primary N) is 1. The zero-order valence-electron chi connectivity index (χ0n) is 13.0. The predicted octanol–water partition coefficient (Wildman–Crippen LogP) is -1.36. The molecule has 20 heavy (non-hydrogen) atoms. The number of rotatable bonds is 7. The molecular formula is C13H28N2O5. The Morgan fingerprint density at radius 1 is 1.25 bits per heavy atom. The lowest BCUT2D eigenvalue weighted by Gasteiger charge is -2.23. The van der Waals surface area contributed by atoms with Gasteiger partial charge in [-0.1, -0.05) is 13.8 Å². The van der Waals surface area contributed by atoms with Crippen molar-refractivity contribution in [2.45, 2.75) is 38.8 Å². The molecule has 0 saturated heterocycles. The van der Waals surface area contributed by atoms with Gasteiger partial charge in [-0.2, -0.15) is 0 Å². The summed E-state index contributed by atoms with van der Waals surface area (Å²) in [6.07, 6.45) is -0.549. The Morgan fingerprint density at radius 2 is 1.70 bits per heavy atom. The van der Waals surface area contributed by atoms with Crippen molar-refractivity contribution in [2.24, 2.45) is 11.7 Å². The van der Waals surface area contributed by atoms with Gasteiger partial charge in [0.1, 0.15) is 6.54 Å². The van der Waals surface area contributed by atoms with E-state index in [2.05, 4.69) is 0 Å². The standard InChI is InChI=1S/C8H17NO3.C5H11NO2/c1-5(2)3-6(9)7(10)4-8(11)12;1-6(2,3)4-5(7)8/h5-7,10H,3-4,9H2,1-2H3,(H,11,12);4H2,1-3H3/t6-,7-;/m0./s1. The number of aliphatic hydroxyl groups is 1. The lowest BCUT2D eigenvalue weighted by atomic mass is 9.98. The first-order chi connectivity index (χ1) is 8.85. The van der Waals surface area contributed by atoms with Crippen molar-refractivity contribution in [3.05, 3.63) is 0 Å². The highest BCUT2D eigenvalue weighted by Crippen LogP contribution is 2.08. The van der Waals surface area contributed by atoms with Crippen LogP contribution in [-0.2, 0) is 9.59 Å². The first-order valence-electron chi connectivity index (χ1n) is 6.51. The van der Waals surface area contributed by atoms with Crippen molar-refractivity contribution in [1.29, 1.82) is 0 Å². The highest BCUT2D eigenvalue weighted by atomic mass is 16.4. The summed E-state index contributed by atoms with van der Waals surface area (Å²) < 4.78 is 0.419. The van der Waals surface area contributed by atoms with Crippen LogP contribution >= 0.6 is 0 Å². The van der Waals surface area contributed by atoms with Gasteiger partial charge >= 0.3 is 5.97 Å². The molecule has 0 heterocycles. The number of hydrogen-bond acceptors (Lipinski definition) is 5. The summed E-state index contributed by atoms with van der Waals surface area (Å²) in [4.78, 5) is 20.1. The Labute approximate surface area is 120 Å². The number of aliphatic hydroxyl groups excluding tert-OH is 1. The fourth-order valence-corrected chi connectivity index (χ4v) is 1.42. The Kier molecular flexibility index (Phi) is 10.2. The largest absolute Gasteiger partial charge is 0.544 e. The van der Waals surface area contributed by atoms with Crippen molar-refractivity contribution in [1.82, 2.24) is 0 Å². The number of likely N-dealkylation sites (N-methyl/N-ethyl adjacent to an activating group) is 1. The molecule has 7 heteroatoms. The molecule has 0 radical (unpaired) electrons. The van der Waals surface area contributed by atoms with Crippen molar-refractivity contribution < 1.29 is 29.4 Å². The molecule has 0 unspecified atom stereocenters. The van der Waals surface area contributed by atoms with E-state index in [0.29, 0.717) is 16.8 Å². The minimum absolute atomic E-state index is 0.0694. The fraction of sp³-hybridized carbons (Fsp3) is 0.846. The first kappa shape index (κ1) is 21.1. The summed E-state index contributed by atoms with van der Waals surface area (Å²) in [5, 5.41) is 27.5. The summed E-state index contributed by atoms with van der Waals surface area (Å²) in [7, 11) is 5.40. The molecule has 0 bridgehead atoms. The molecule has 0 fully saturated rings. The Balaban J connectivity index is 0. The molecule has 7 nitrogen and oxygen atoms in total. The molecule has 0 aliphatic rings. The number of carbonyl (C=O) groups excluding carboxylic acids is 1. The number of nitrogens with zero attached hydrogens (tertiary/aromatic N) is 1. The summed E-state index contributed by atoms with van der Waals surface area (Å²) >= 11 is 0. The number of quaternary nitrogens is 1. The highest BCUT2D eigenvalue weighted by Gasteiger charge is 2.18. The van der Waals surface area contributed by atoms with Gasteiger partial charge in [-0.3, -0.25) is 4.79 Å². The van der Waals surface area contributed by atoms with E-state index in [0.717, 1.165) is 0 Å². The van der Waals surface area contributed by atoms with Crippen LogP contribution in [-0.4, -0.2) is 66.5 Å². The van der Waals surface area contributed by atoms with Gasteiger partial charge in [0, 0.05) is 6.04 Å². The molecule has 0 aliphatic carbocycles. The number of carboxylic acids is 2. The summed E-state index contributed by atoms with van der Waals surface area (Å²) in [5.74, 6) is -1.64. The number of aliphatic carboxylic acids is 2. The first-order valence-corrected chi connectivity index (χ1v) is 6.51. The third-order valence-corrected chi connectivity index (χ3v) is 2.22. The zero-order valence-corrected chi connectivity index (χ0v) is 13.0. The predicted molar refractivity (Wildman–Crippen MR) is 73.6 cm³/mol. The Bertz CT molecular complexity index is 300. The monoisotopic (exact) mass is 292 g/mol. The fourth-order valence-electron chi connectivity index (χ4n) is 1.42. The van der Waals surface area contributed by atoms with Crippen molar-refractivity contribution >= 4 is 11.9 Å². The molecular weight excluding hydrogens is 264 g/mol. The zero-order chi connectivity index (χ0) is 16.5. The molecule has 0 rings (SSSR count). The third-order valence-electron chi connectivity index (χ3n) is 2.22. The molecule has 0 aliphatic heterocycles. The maximum atomic E-state index is 10.2. The van der Waals surface area contributed by atoms with Crippen LogP contribution in [0.5, 0.6) is 0 Å². The van der Waals surface area contributed by atoms with Gasteiger partial charge in [0.05, 0.1) is 39.6 Å². The van der Waals surface area contributed by atoms with Crippen LogP contribution in [0.25, 0.3) is 0 Å². The normalized spacial score (nSPS) is 14.2. The van der Waals surface area contributed by atoms with E-state index in [9.17, 15) is 19.8 Å². The average molecular weight is 292 g/mol. The van der Waals surface area contributed by atoms with Crippen LogP contribution in [0.2, 0.25) is 0 Å². The van der Waals surface area contributed by atoms with Crippen molar-refractivity contribution in [2.75, 3.05) is 27.7 Å². The minimum Gasteiger partial charge on any atom is -0.544 e. The lowest BCUT2D eigenvalue weighted by molar-refractivity contribution is -0.864. The Hall–Kier alpha value is -1.18. The SMILES string of the molecule is CC(C)C[C@H](N)[C@@H](O)CC(=O)O.C[N+](C)(C)CC(=O)[O-]. The summed E-state index contributed by atoms with van der Waals surface area (Å²) in [6.45, 7) is 4.03. The molecule has 0 aromatic carbocycles. The topological polar surface area (TPSA) is 124 Å². The molecule has 0 spiro atoms. The van der Waals surface area contributed by atoms with Gasteiger partial charge in [0.25, 0.3) is 0 Å². The van der Waals surface area contributed by atoms with Crippen LogP contribution in [0, 0.1) is 5.92 Å². The van der Waals surface area contributed by atoms with Gasteiger partial charge < -0.3 is 30.3 Å². The highest BCUT2D eigenvalue weighted by molar-refractivity contribution is 5.67. The van der Waals surface area contributed by atoms with E-state index in [1.807, 2.05) is 13.8 Å². The lowest BCUT2D eigenvalue weighted by Crippen LogP contribution is -2.45. The molecule has 0 aromatic heterocycles. The van der Waals surface area contributed by atoms with E-state index in [1.165, 1.54) is 0 Å². The van der Waals surface area contributed by atoms with Crippen LogP contribution in [0.15, 0.2) is 0 Å². The van der Waals surface area contributed by atoms with Crippen molar-refractivity contribution in [3.63, 3.8) is 0 Å². The second-order valence-corrected chi connectivity index (χ2v) is 6.28. The van der Waals surface area contributed by atoms with E-state index in [4.69, 9.17) is 10.8 Å². The second-order valence-electron chi connectivity index (χ2n) is 6.28. The van der Waals surface area contributed by atoms with E-state index in [1.54, 1.807) is 21.1 Å². The molecule has 0 amide bonds. The van der Waals surface area contributed by atoms with Crippen LogP contribution in [0.4, 0.5) is 0 Å². The Morgan fingerprint density at radius 3 is 1.90 bits per heavy atom. The van der Waals surface area contributed by atoms with Gasteiger partial charge in [-0.25, -0.2) is 0 Å². The number of carbonyl (C=O) groups is 2. The third kappa shape index (κ3) is 16.8. The molecule has 2 atom stereocenters. The smallest absolute Gasteiger partial charge is 0.306 e. The van der Waals surface area contributed by atoms with E-state index < -0.39 is 24.1 Å². The minimum atomic E-state index is -1.01. The van der Waals surface area contributed by atoms with Gasteiger partial charge in [0.15, 0.2) is 0 Å². The van der Waals surface area contributed by atoms with E-state index >= 15 is 0 Å². The van der Waals surface area contributed by atoms with Crippen LogP contribution in [0.3, 0.4) is 0 Å². The van der Waals surface area contributed by atoms with Crippen LogP contribution < -0.4 is 10.8 Å². The molecule has 120 valence electrons. The molecule has 0 saturated carbocycles. The number of carboxylic acid groups (broad SMARTS) is 2.